The van der Waals surface area contributed by atoms with Gasteiger partial charge in [0.2, 0.25) is 10.0 Å². The van der Waals surface area contributed by atoms with Crippen LogP contribution >= 0.6 is 0 Å². The Morgan fingerprint density at radius 1 is 1.19 bits per heavy atom. The van der Waals surface area contributed by atoms with Gasteiger partial charge in [0.15, 0.2) is 0 Å². The van der Waals surface area contributed by atoms with Crippen molar-refractivity contribution in [3.63, 3.8) is 0 Å². The molecular weight excluding hydrogens is 295 g/mol. The monoisotopic (exact) mass is 308 g/mol. The summed E-state index contributed by atoms with van der Waals surface area (Å²) in [4.78, 5) is 11.8. The fourth-order valence-electron chi connectivity index (χ4n) is 1.87. The fraction of sp³-hybridized carbons (Fsp3) is 0.0714. The van der Waals surface area contributed by atoms with Crippen molar-refractivity contribution in [1.29, 1.82) is 0 Å². The van der Waals surface area contributed by atoms with Crippen LogP contribution in [0.2, 0.25) is 0 Å². The lowest BCUT2D eigenvalue weighted by atomic mass is 10.1. The zero-order valence-electron chi connectivity index (χ0n) is 11.1. The van der Waals surface area contributed by atoms with Gasteiger partial charge < -0.3 is 5.32 Å². The Hall–Kier alpha value is -2.25. The second-order valence-electron chi connectivity index (χ2n) is 4.45. The molecule has 3 N–H and O–H groups in total. The summed E-state index contributed by atoms with van der Waals surface area (Å²) < 4.78 is 36.2. The minimum Gasteiger partial charge on any atom is -0.321 e. The summed E-state index contributed by atoms with van der Waals surface area (Å²) in [6.45, 7) is 1.74. The van der Waals surface area contributed by atoms with Crippen LogP contribution in [0, 0.1) is 12.7 Å². The smallest absolute Gasteiger partial charge is 0.255 e. The molecule has 21 heavy (non-hydrogen) atoms. The van der Waals surface area contributed by atoms with Gasteiger partial charge in [0, 0.05) is 5.56 Å². The molecule has 110 valence electrons. The van der Waals surface area contributed by atoms with Gasteiger partial charge in [-0.25, -0.2) is 17.9 Å². The topological polar surface area (TPSA) is 89.3 Å². The van der Waals surface area contributed by atoms with Crippen molar-refractivity contribution in [3.05, 3.63) is 59.4 Å². The van der Waals surface area contributed by atoms with Gasteiger partial charge in [-0.3, -0.25) is 4.79 Å². The van der Waals surface area contributed by atoms with E-state index in [0.717, 1.165) is 18.2 Å². The quantitative estimate of drug-likeness (QED) is 0.909. The van der Waals surface area contributed by atoms with E-state index in [0.29, 0.717) is 11.1 Å². The molecule has 0 saturated heterocycles. The van der Waals surface area contributed by atoms with Crippen LogP contribution in [-0.2, 0) is 10.0 Å². The molecule has 7 heteroatoms. The van der Waals surface area contributed by atoms with Gasteiger partial charge in [0.05, 0.1) is 5.69 Å². The third-order valence-electron chi connectivity index (χ3n) is 2.89. The Balaban J connectivity index is 2.43. The number of hydrogen-bond acceptors (Lipinski definition) is 3. The summed E-state index contributed by atoms with van der Waals surface area (Å²) in [6.07, 6.45) is 0. The molecule has 0 spiro atoms. The Morgan fingerprint density at radius 2 is 1.86 bits per heavy atom. The molecule has 0 aliphatic heterocycles. The molecule has 2 aromatic rings. The van der Waals surface area contributed by atoms with E-state index in [2.05, 4.69) is 5.32 Å². The van der Waals surface area contributed by atoms with Crippen molar-refractivity contribution in [1.82, 2.24) is 0 Å². The van der Waals surface area contributed by atoms with Crippen molar-refractivity contribution in [2.45, 2.75) is 11.8 Å². The highest BCUT2D eigenvalue weighted by molar-refractivity contribution is 7.89. The molecule has 0 saturated carbocycles. The standard InChI is InChI=1S/C14H13FN2O3S/c1-9-4-2-3-5-11(9)14(18)17-12-8-10(15)6-7-13(12)21(16,19)20/h2-8H,1H3,(H,17,18)(H2,16,19,20). The van der Waals surface area contributed by atoms with E-state index in [9.17, 15) is 17.6 Å². The maximum atomic E-state index is 13.3. The Kier molecular flexibility index (Phi) is 4.06. The first-order chi connectivity index (χ1) is 9.79. The third-order valence-corrected chi connectivity index (χ3v) is 3.86. The largest absolute Gasteiger partial charge is 0.321 e. The number of aryl methyl sites for hydroxylation is 1. The van der Waals surface area contributed by atoms with Crippen LogP contribution in [0.25, 0.3) is 0 Å². The summed E-state index contributed by atoms with van der Waals surface area (Å²) in [5.74, 6) is -1.22. The molecular formula is C14H13FN2O3S. The Morgan fingerprint density at radius 3 is 2.48 bits per heavy atom. The average molecular weight is 308 g/mol. The number of primary sulfonamides is 1. The van der Waals surface area contributed by atoms with Gasteiger partial charge in [-0.05, 0) is 36.8 Å². The van der Waals surface area contributed by atoms with Crippen molar-refractivity contribution in [2.24, 2.45) is 5.14 Å². The van der Waals surface area contributed by atoms with E-state index in [1.165, 1.54) is 0 Å². The Bertz CT molecular complexity index is 804. The lowest BCUT2D eigenvalue weighted by molar-refractivity contribution is 0.102. The van der Waals surface area contributed by atoms with Gasteiger partial charge >= 0.3 is 0 Å². The van der Waals surface area contributed by atoms with Crippen molar-refractivity contribution < 1.29 is 17.6 Å². The minimum atomic E-state index is -4.07. The first-order valence-corrected chi connectivity index (χ1v) is 7.53. The molecule has 0 aliphatic carbocycles. The summed E-state index contributed by atoms with van der Waals surface area (Å²) in [7, 11) is -4.07. The molecule has 0 radical (unpaired) electrons. The van der Waals surface area contributed by atoms with Crippen LogP contribution < -0.4 is 10.5 Å². The number of rotatable bonds is 3. The van der Waals surface area contributed by atoms with E-state index in [1.54, 1.807) is 31.2 Å². The van der Waals surface area contributed by atoms with Crippen LogP contribution in [-0.4, -0.2) is 14.3 Å². The normalized spacial score (nSPS) is 11.2. The number of anilines is 1. The van der Waals surface area contributed by atoms with Crippen molar-refractivity contribution in [2.75, 3.05) is 5.32 Å². The highest BCUT2D eigenvalue weighted by atomic mass is 32.2. The molecule has 1 amide bonds. The van der Waals surface area contributed by atoms with Crippen LogP contribution in [0.5, 0.6) is 0 Å². The summed E-state index contributed by atoms with van der Waals surface area (Å²) >= 11 is 0. The Labute approximate surface area is 121 Å². The molecule has 0 aromatic heterocycles. The minimum absolute atomic E-state index is 0.189. The predicted molar refractivity (Wildman–Crippen MR) is 76.9 cm³/mol. The summed E-state index contributed by atoms with van der Waals surface area (Å²) in [6, 6.07) is 9.65. The number of hydrogen-bond donors (Lipinski definition) is 2. The number of halogens is 1. The molecule has 0 bridgehead atoms. The SMILES string of the molecule is Cc1ccccc1C(=O)Nc1cc(F)ccc1S(N)(=O)=O. The van der Waals surface area contributed by atoms with E-state index in [4.69, 9.17) is 5.14 Å². The number of carbonyl (C=O) groups is 1. The van der Waals surface area contributed by atoms with Gasteiger partial charge in [0.1, 0.15) is 10.7 Å². The molecule has 0 aliphatic rings. The molecule has 5 nitrogen and oxygen atoms in total. The molecule has 0 unspecified atom stereocenters. The second-order valence-corrected chi connectivity index (χ2v) is 5.98. The molecule has 0 fully saturated rings. The van der Waals surface area contributed by atoms with E-state index in [1.807, 2.05) is 0 Å². The van der Waals surface area contributed by atoms with Crippen molar-refractivity contribution in [3.8, 4) is 0 Å². The number of amides is 1. The molecule has 2 aromatic carbocycles. The highest BCUT2D eigenvalue weighted by Crippen LogP contribution is 2.22. The number of benzene rings is 2. The lowest BCUT2D eigenvalue weighted by Gasteiger charge is -2.11. The molecule has 0 atom stereocenters. The lowest BCUT2D eigenvalue weighted by Crippen LogP contribution is -2.19. The van der Waals surface area contributed by atoms with Crippen LogP contribution in [0.3, 0.4) is 0 Å². The molecule has 2 rings (SSSR count). The van der Waals surface area contributed by atoms with Gasteiger partial charge in [-0.2, -0.15) is 0 Å². The fourth-order valence-corrected chi connectivity index (χ4v) is 2.54. The predicted octanol–water partition coefficient (Wildman–Crippen LogP) is 2.03. The van der Waals surface area contributed by atoms with E-state index in [-0.39, 0.29) is 10.6 Å². The zero-order valence-corrected chi connectivity index (χ0v) is 11.9. The van der Waals surface area contributed by atoms with Crippen LogP contribution in [0.15, 0.2) is 47.4 Å². The summed E-state index contributed by atoms with van der Waals surface area (Å²) in [5.41, 5.74) is 0.886. The van der Waals surface area contributed by atoms with Gasteiger partial charge in [0.25, 0.3) is 5.91 Å². The number of sulfonamides is 1. The third kappa shape index (κ3) is 3.45. The number of nitrogens with two attached hydrogens (primary N) is 1. The summed E-state index contributed by atoms with van der Waals surface area (Å²) in [5, 5.41) is 7.43. The second kappa shape index (κ2) is 5.63. The zero-order chi connectivity index (χ0) is 15.6. The maximum Gasteiger partial charge on any atom is 0.255 e. The molecule has 0 heterocycles. The first-order valence-electron chi connectivity index (χ1n) is 5.98. The number of carbonyl (C=O) groups excluding carboxylic acids is 1. The van der Waals surface area contributed by atoms with Gasteiger partial charge in [-0.15, -0.1) is 0 Å². The average Bonchev–Trinajstić information content (AvgIpc) is 2.37. The number of nitrogens with one attached hydrogen (secondary N) is 1. The first kappa shape index (κ1) is 15.1. The van der Waals surface area contributed by atoms with Gasteiger partial charge in [-0.1, -0.05) is 18.2 Å². The van der Waals surface area contributed by atoms with Crippen LogP contribution in [0.1, 0.15) is 15.9 Å². The highest BCUT2D eigenvalue weighted by Gasteiger charge is 2.17. The van der Waals surface area contributed by atoms with Crippen molar-refractivity contribution >= 4 is 21.6 Å². The van der Waals surface area contributed by atoms with E-state index < -0.39 is 21.7 Å². The van der Waals surface area contributed by atoms with Crippen LogP contribution in [0.4, 0.5) is 10.1 Å². The van der Waals surface area contributed by atoms with E-state index >= 15 is 0 Å². The maximum absolute atomic E-state index is 13.3.